The van der Waals surface area contributed by atoms with E-state index >= 15 is 0 Å². The van der Waals surface area contributed by atoms with Crippen molar-refractivity contribution in [1.82, 2.24) is 4.98 Å². The number of carbonyl (C=O) groups is 1. The Morgan fingerprint density at radius 1 is 1.33 bits per heavy atom. The number of benzene rings is 1. The molecule has 3 N–H and O–H groups in total. The van der Waals surface area contributed by atoms with Gasteiger partial charge in [-0.05, 0) is 42.8 Å². The SMILES string of the molecule is Cc1cc(N)cc(C(=O)Nc2cccc(F)n2)c1. The van der Waals surface area contributed by atoms with Gasteiger partial charge >= 0.3 is 0 Å². The molecule has 4 nitrogen and oxygen atoms in total. The number of carbonyl (C=O) groups excluding carboxylic acids is 1. The number of hydrogen-bond donors (Lipinski definition) is 2. The number of aryl methyl sites for hydroxylation is 1. The summed E-state index contributed by atoms with van der Waals surface area (Å²) in [5.41, 5.74) is 7.46. The van der Waals surface area contributed by atoms with E-state index in [1.807, 2.05) is 6.92 Å². The largest absolute Gasteiger partial charge is 0.399 e. The van der Waals surface area contributed by atoms with E-state index in [9.17, 15) is 9.18 Å². The fraction of sp³-hybridized carbons (Fsp3) is 0.0769. The first-order valence-corrected chi connectivity index (χ1v) is 5.36. The Bertz CT molecular complexity index is 578. The highest BCUT2D eigenvalue weighted by Crippen LogP contribution is 2.13. The molecule has 0 saturated carbocycles. The molecule has 0 radical (unpaired) electrons. The third-order valence-corrected chi connectivity index (χ3v) is 2.32. The van der Waals surface area contributed by atoms with Crippen molar-refractivity contribution in [3.8, 4) is 0 Å². The van der Waals surface area contributed by atoms with Crippen molar-refractivity contribution in [2.24, 2.45) is 0 Å². The molecule has 2 rings (SSSR count). The molecule has 1 amide bonds. The predicted molar refractivity (Wildman–Crippen MR) is 67.7 cm³/mol. The van der Waals surface area contributed by atoms with Crippen LogP contribution in [0.4, 0.5) is 15.9 Å². The first kappa shape index (κ1) is 12.0. The lowest BCUT2D eigenvalue weighted by atomic mass is 10.1. The molecule has 1 heterocycles. The Morgan fingerprint density at radius 2 is 2.11 bits per heavy atom. The minimum Gasteiger partial charge on any atom is -0.399 e. The zero-order valence-corrected chi connectivity index (χ0v) is 9.77. The van der Waals surface area contributed by atoms with Crippen LogP contribution in [0.1, 0.15) is 15.9 Å². The number of amides is 1. The number of nitrogens with zero attached hydrogens (tertiary/aromatic N) is 1. The highest BCUT2D eigenvalue weighted by atomic mass is 19.1. The zero-order valence-electron chi connectivity index (χ0n) is 9.77. The van der Waals surface area contributed by atoms with Crippen molar-refractivity contribution in [2.45, 2.75) is 6.92 Å². The van der Waals surface area contributed by atoms with Crippen LogP contribution < -0.4 is 11.1 Å². The minimum atomic E-state index is -0.642. The summed E-state index contributed by atoms with van der Waals surface area (Å²) in [5.74, 6) is -0.847. The second kappa shape index (κ2) is 4.83. The van der Waals surface area contributed by atoms with Gasteiger partial charge in [0.1, 0.15) is 5.82 Å². The van der Waals surface area contributed by atoms with Gasteiger partial charge in [-0.2, -0.15) is 4.39 Å². The lowest BCUT2D eigenvalue weighted by Crippen LogP contribution is -2.13. The van der Waals surface area contributed by atoms with Crippen molar-refractivity contribution >= 4 is 17.4 Å². The molecule has 2 aromatic rings. The Morgan fingerprint density at radius 3 is 2.78 bits per heavy atom. The fourth-order valence-corrected chi connectivity index (χ4v) is 1.61. The highest BCUT2D eigenvalue weighted by Gasteiger charge is 2.08. The maximum atomic E-state index is 12.9. The van der Waals surface area contributed by atoms with E-state index in [0.29, 0.717) is 11.3 Å². The quantitative estimate of drug-likeness (QED) is 0.630. The number of nitrogens with one attached hydrogen (secondary N) is 1. The van der Waals surface area contributed by atoms with Gasteiger partial charge in [0, 0.05) is 11.3 Å². The number of halogens is 1. The van der Waals surface area contributed by atoms with E-state index in [4.69, 9.17) is 5.73 Å². The fourth-order valence-electron chi connectivity index (χ4n) is 1.61. The van der Waals surface area contributed by atoms with Crippen molar-refractivity contribution in [2.75, 3.05) is 11.1 Å². The number of hydrogen-bond acceptors (Lipinski definition) is 3. The van der Waals surface area contributed by atoms with Gasteiger partial charge in [0.2, 0.25) is 5.95 Å². The molecule has 0 aliphatic carbocycles. The van der Waals surface area contributed by atoms with Crippen LogP contribution in [0.3, 0.4) is 0 Å². The van der Waals surface area contributed by atoms with Crippen molar-refractivity contribution in [3.63, 3.8) is 0 Å². The van der Waals surface area contributed by atoms with E-state index < -0.39 is 5.95 Å². The molecule has 0 fully saturated rings. The molecule has 0 unspecified atom stereocenters. The maximum absolute atomic E-state index is 12.9. The topological polar surface area (TPSA) is 68.0 Å². The van der Waals surface area contributed by atoms with E-state index in [1.165, 1.54) is 18.2 Å². The Labute approximate surface area is 104 Å². The van der Waals surface area contributed by atoms with Gasteiger partial charge in [0.25, 0.3) is 5.91 Å². The van der Waals surface area contributed by atoms with E-state index in [0.717, 1.165) is 5.56 Å². The number of aromatic nitrogens is 1. The predicted octanol–water partition coefficient (Wildman–Crippen LogP) is 2.36. The van der Waals surface area contributed by atoms with Crippen LogP contribution in [0.25, 0.3) is 0 Å². The lowest BCUT2D eigenvalue weighted by molar-refractivity contribution is 0.102. The van der Waals surface area contributed by atoms with Crippen LogP contribution in [-0.2, 0) is 0 Å². The Kier molecular flexibility index (Phi) is 3.23. The van der Waals surface area contributed by atoms with Gasteiger partial charge in [-0.25, -0.2) is 4.98 Å². The highest BCUT2D eigenvalue weighted by molar-refractivity contribution is 6.04. The average molecular weight is 245 g/mol. The van der Waals surface area contributed by atoms with Crippen molar-refractivity contribution in [1.29, 1.82) is 0 Å². The number of anilines is 2. The molecule has 18 heavy (non-hydrogen) atoms. The van der Waals surface area contributed by atoms with E-state index in [1.54, 1.807) is 18.2 Å². The number of nitrogen functional groups attached to an aromatic ring is 1. The normalized spacial score (nSPS) is 10.1. The average Bonchev–Trinajstić information content (AvgIpc) is 2.27. The second-order valence-electron chi connectivity index (χ2n) is 3.93. The second-order valence-corrected chi connectivity index (χ2v) is 3.93. The molecule has 0 bridgehead atoms. The Balaban J connectivity index is 2.22. The maximum Gasteiger partial charge on any atom is 0.256 e. The van der Waals surface area contributed by atoms with Gasteiger partial charge in [0.15, 0.2) is 0 Å². The van der Waals surface area contributed by atoms with Gasteiger partial charge in [-0.1, -0.05) is 6.07 Å². The Hall–Kier alpha value is -2.43. The van der Waals surface area contributed by atoms with Gasteiger partial charge in [-0.3, -0.25) is 4.79 Å². The summed E-state index contributed by atoms with van der Waals surface area (Å²) < 4.78 is 12.9. The standard InChI is InChI=1S/C13H12FN3O/c1-8-5-9(7-10(15)6-8)13(18)17-12-4-2-3-11(14)16-12/h2-7H,15H2,1H3,(H,16,17,18). The van der Waals surface area contributed by atoms with Gasteiger partial charge in [0.05, 0.1) is 0 Å². The molecule has 0 aliphatic rings. The van der Waals surface area contributed by atoms with Crippen LogP contribution in [0.2, 0.25) is 0 Å². The van der Waals surface area contributed by atoms with Crippen LogP contribution in [0.15, 0.2) is 36.4 Å². The summed E-state index contributed by atoms with van der Waals surface area (Å²) in [4.78, 5) is 15.5. The molecule has 0 atom stereocenters. The molecule has 0 spiro atoms. The summed E-state index contributed by atoms with van der Waals surface area (Å²) in [6, 6.07) is 9.22. The molecule has 1 aromatic heterocycles. The van der Waals surface area contributed by atoms with E-state index in [2.05, 4.69) is 10.3 Å². The van der Waals surface area contributed by atoms with Crippen LogP contribution in [0, 0.1) is 12.9 Å². The first-order valence-electron chi connectivity index (χ1n) is 5.36. The van der Waals surface area contributed by atoms with Crippen LogP contribution >= 0.6 is 0 Å². The summed E-state index contributed by atoms with van der Waals surface area (Å²) in [6.07, 6.45) is 0. The zero-order chi connectivity index (χ0) is 13.1. The molecule has 92 valence electrons. The lowest BCUT2D eigenvalue weighted by Gasteiger charge is -2.06. The smallest absolute Gasteiger partial charge is 0.256 e. The monoisotopic (exact) mass is 245 g/mol. The molecular weight excluding hydrogens is 233 g/mol. The third kappa shape index (κ3) is 2.82. The molecule has 0 aliphatic heterocycles. The van der Waals surface area contributed by atoms with Crippen molar-refractivity contribution < 1.29 is 9.18 Å². The number of pyridine rings is 1. The van der Waals surface area contributed by atoms with Gasteiger partial charge < -0.3 is 11.1 Å². The summed E-state index contributed by atoms with van der Waals surface area (Å²) in [6.45, 7) is 1.84. The first-order chi connectivity index (χ1) is 8.54. The molecule has 5 heteroatoms. The number of nitrogens with two attached hydrogens (primary N) is 1. The van der Waals surface area contributed by atoms with Crippen LogP contribution in [-0.4, -0.2) is 10.9 Å². The summed E-state index contributed by atoms with van der Waals surface area (Å²) >= 11 is 0. The number of rotatable bonds is 2. The third-order valence-electron chi connectivity index (χ3n) is 2.32. The molecule has 0 saturated heterocycles. The molecule has 1 aromatic carbocycles. The summed E-state index contributed by atoms with van der Waals surface area (Å²) in [7, 11) is 0. The van der Waals surface area contributed by atoms with Gasteiger partial charge in [-0.15, -0.1) is 0 Å². The van der Waals surface area contributed by atoms with Crippen molar-refractivity contribution in [3.05, 3.63) is 53.5 Å². The van der Waals surface area contributed by atoms with Crippen LogP contribution in [0.5, 0.6) is 0 Å². The summed E-state index contributed by atoms with van der Waals surface area (Å²) in [5, 5.41) is 2.51. The minimum absolute atomic E-state index is 0.167. The molecular formula is C13H12FN3O. The van der Waals surface area contributed by atoms with E-state index in [-0.39, 0.29) is 11.7 Å².